The van der Waals surface area contributed by atoms with Gasteiger partial charge in [-0.1, -0.05) is 0 Å². The largest absolute Gasteiger partial charge is 0.444 e. The summed E-state index contributed by atoms with van der Waals surface area (Å²) in [6.45, 7) is 10.4. The molecule has 11 heteroatoms. The number of pyridine rings is 1. The van der Waals surface area contributed by atoms with E-state index >= 15 is 0 Å². The van der Waals surface area contributed by atoms with E-state index in [2.05, 4.69) is 4.98 Å². The van der Waals surface area contributed by atoms with Gasteiger partial charge >= 0.3 is 6.09 Å². The molecular weight excluding hydrogens is 625 g/mol. The number of nitrogens with zero attached hydrogens (tertiary/aromatic N) is 5. The molecule has 3 saturated heterocycles. The number of ketones is 1. The van der Waals surface area contributed by atoms with Gasteiger partial charge in [0.2, 0.25) is 5.91 Å². The standard InChI is InChI=1S/C38H46FN5O5/c1-22-6-7-23(2)43(22)35(46)29-19-26(39)9-11-31(29)42-21-30(28-12-15-40-20-32(28)42)34(45)24-13-16-41(17-14-24)36(47)33-25-8-10-27(18-25)44(33)37(48)49-38(3,4)5/h9,11-12,15,19-25,27,33H,6-8,10,13-14,16-18H2,1-5H3/t22-,23+,25-,27+,33-/m0/s1. The summed E-state index contributed by atoms with van der Waals surface area (Å²) in [5, 5.41) is 0.708. The number of hydrogen-bond acceptors (Lipinski definition) is 6. The zero-order valence-electron chi connectivity index (χ0n) is 29.0. The van der Waals surface area contributed by atoms with Crippen LogP contribution < -0.4 is 0 Å². The maximum Gasteiger partial charge on any atom is 0.411 e. The molecule has 1 saturated carbocycles. The molecule has 0 unspecified atom stereocenters. The quantitative estimate of drug-likeness (QED) is 0.292. The Hall–Kier alpha value is -4.28. The maximum absolute atomic E-state index is 14.7. The predicted molar refractivity (Wildman–Crippen MR) is 182 cm³/mol. The highest BCUT2D eigenvalue weighted by molar-refractivity contribution is 6.10. The van der Waals surface area contributed by atoms with Gasteiger partial charge in [-0.2, -0.15) is 0 Å². The van der Waals surface area contributed by atoms with Gasteiger partial charge in [0.1, 0.15) is 17.5 Å². The number of ether oxygens (including phenoxy) is 1. The molecule has 1 aliphatic carbocycles. The first-order valence-corrected chi connectivity index (χ1v) is 17.7. The number of aromatic nitrogens is 2. The van der Waals surface area contributed by atoms with Crippen molar-refractivity contribution in [1.29, 1.82) is 0 Å². The monoisotopic (exact) mass is 671 g/mol. The topological polar surface area (TPSA) is 105 Å². The van der Waals surface area contributed by atoms with Crippen LogP contribution in [0.1, 0.15) is 100 Å². The van der Waals surface area contributed by atoms with Gasteiger partial charge in [-0.25, -0.2) is 9.18 Å². The van der Waals surface area contributed by atoms with Crippen LogP contribution in [0.5, 0.6) is 0 Å². The van der Waals surface area contributed by atoms with E-state index in [0.717, 1.165) is 32.1 Å². The molecule has 7 rings (SSSR count). The maximum atomic E-state index is 14.7. The molecule has 3 aliphatic heterocycles. The number of fused-ring (bicyclic) bond motifs is 3. The summed E-state index contributed by atoms with van der Waals surface area (Å²) in [4.78, 5) is 64.8. The highest BCUT2D eigenvalue weighted by Gasteiger charge is 2.53. The van der Waals surface area contributed by atoms with Crippen molar-refractivity contribution in [3.05, 3.63) is 59.8 Å². The van der Waals surface area contributed by atoms with E-state index in [4.69, 9.17) is 4.74 Å². The summed E-state index contributed by atoms with van der Waals surface area (Å²) < 4.78 is 22.1. The SMILES string of the molecule is C[C@@H]1CC[C@H](C)N1C(=O)c1cc(F)ccc1-n1cc(C(=O)C2CCN(C(=O)[C@@H]3[C@H]4CC[C@H](C4)N3C(=O)OC(C)(C)C)CC2)c2ccncc21. The summed E-state index contributed by atoms with van der Waals surface area (Å²) in [6.07, 6.45) is 10.0. The van der Waals surface area contributed by atoms with E-state index in [-0.39, 0.29) is 53.1 Å². The van der Waals surface area contributed by atoms with Crippen LogP contribution in [-0.2, 0) is 9.53 Å². The van der Waals surface area contributed by atoms with Gasteiger partial charge in [-0.3, -0.25) is 24.3 Å². The number of carbonyl (C=O) groups is 4. The summed E-state index contributed by atoms with van der Waals surface area (Å²) in [5.74, 6) is -0.999. The smallest absolute Gasteiger partial charge is 0.411 e. The number of amides is 3. The highest BCUT2D eigenvalue weighted by Crippen LogP contribution is 2.44. The van der Waals surface area contributed by atoms with E-state index in [1.54, 1.807) is 40.2 Å². The van der Waals surface area contributed by atoms with Crippen molar-refractivity contribution in [3.8, 4) is 5.69 Å². The first-order chi connectivity index (χ1) is 23.3. The van der Waals surface area contributed by atoms with Crippen molar-refractivity contribution < 1.29 is 28.3 Å². The number of piperidine rings is 2. The molecule has 3 amide bonds. The van der Waals surface area contributed by atoms with E-state index in [9.17, 15) is 23.6 Å². The zero-order valence-corrected chi connectivity index (χ0v) is 29.0. The fraction of sp³-hybridized carbons (Fsp3) is 0.553. The predicted octanol–water partition coefficient (Wildman–Crippen LogP) is 6.39. The molecule has 5 heterocycles. The summed E-state index contributed by atoms with van der Waals surface area (Å²) in [5.41, 5.74) is 1.25. The molecule has 260 valence electrons. The van der Waals surface area contributed by atoms with Crippen LogP contribution in [0.4, 0.5) is 9.18 Å². The Kier molecular flexibility index (Phi) is 8.51. The average Bonchev–Trinajstić information content (AvgIpc) is 3.86. The second kappa shape index (κ2) is 12.6. The Balaban J connectivity index is 1.11. The van der Waals surface area contributed by atoms with Crippen LogP contribution >= 0.6 is 0 Å². The van der Waals surface area contributed by atoms with Crippen molar-refractivity contribution in [1.82, 2.24) is 24.3 Å². The fourth-order valence-electron chi connectivity index (χ4n) is 8.75. The average molecular weight is 672 g/mol. The lowest BCUT2D eigenvalue weighted by Crippen LogP contribution is -2.56. The van der Waals surface area contributed by atoms with Crippen LogP contribution in [0.2, 0.25) is 0 Å². The number of benzene rings is 1. The van der Waals surface area contributed by atoms with Crippen molar-refractivity contribution in [2.24, 2.45) is 11.8 Å². The molecule has 3 aromatic rings. The molecule has 10 nitrogen and oxygen atoms in total. The van der Waals surface area contributed by atoms with Gasteiger partial charge in [0.25, 0.3) is 5.91 Å². The molecular formula is C38H46FN5O5. The Morgan fingerprint density at radius 2 is 1.61 bits per heavy atom. The number of rotatable bonds is 5. The lowest BCUT2D eigenvalue weighted by molar-refractivity contribution is -0.139. The number of likely N-dealkylation sites (tertiary alicyclic amines) is 3. The number of hydrogen-bond donors (Lipinski definition) is 0. The molecule has 0 spiro atoms. The zero-order chi connectivity index (χ0) is 34.8. The van der Waals surface area contributed by atoms with Crippen LogP contribution in [-0.4, -0.2) is 90.8 Å². The van der Waals surface area contributed by atoms with Gasteiger partial charge < -0.3 is 19.1 Å². The van der Waals surface area contributed by atoms with Crippen LogP contribution in [0.25, 0.3) is 16.6 Å². The Bertz CT molecular complexity index is 1800. The summed E-state index contributed by atoms with van der Waals surface area (Å²) in [7, 11) is 0. The van der Waals surface area contributed by atoms with Crippen molar-refractivity contribution in [3.63, 3.8) is 0 Å². The Labute approximate surface area is 286 Å². The van der Waals surface area contributed by atoms with Crippen LogP contribution in [0, 0.1) is 17.7 Å². The third kappa shape index (κ3) is 5.99. The normalized spacial score (nSPS) is 25.8. The van der Waals surface area contributed by atoms with Gasteiger partial charge in [-0.15, -0.1) is 0 Å². The summed E-state index contributed by atoms with van der Waals surface area (Å²) >= 11 is 0. The molecule has 0 N–H and O–H groups in total. The Morgan fingerprint density at radius 1 is 0.898 bits per heavy atom. The molecule has 2 aromatic heterocycles. The lowest BCUT2D eigenvalue weighted by Gasteiger charge is -2.39. The second-order valence-electron chi connectivity index (χ2n) is 15.5. The van der Waals surface area contributed by atoms with Crippen molar-refractivity contribution >= 4 is 34.6 Å². The van der Waals surface area contributed by atoms with Crippen molar-refractivity contribution in [2.45, 2.75) is 109 Å². The van der Waals surface area contributed by atoms with Crippen molar-refractivity contribution in [2.75, 3.05) is 13.1 Å². The van der Waals surface area contributed by atoms with E-state index in [1.807, 2.05) is 44.4 Å². The van der Waals surface area contributed by atoms with Gasteiger partial charge in [0, 0.05) is 60.5 Å². The Morgan fingerprint density at radius 3 is 2.31 bits per heavy atom. The second-order valence-corrected chi connectivity index (χ2v) is 15.5. The first kappa shape index (κ1) is 33.2. The number of Topliss-reactive ketones (excluding diaryl/α,β-unsaturated/α-hetero) is 1. The molecule has 49 heavy (non-hydrogen) atoms. The van der Waals surface area contributed by atoms with E-state index < -0.39 is 23.6 Å². The molecule has 0 radical (unpaired) electrons. The number of halogens is 1. The van der Waals surface area contributed by atoms with E-state index in [1.165, 1.54) is 12.1 Å². The molecule has 5 atom stereocenters. The highest BCUT2D eigenvalue weighted by atomic mass is 19.1. The molecule has 1 aromatic carbocycles. The number of carbonyl (C=O) groups excluding carboxylic acids is 4. The van der Waals surface area contributed by atoms with Crippen LogP contribution in [0.15, 0.2) is 42.9 Å². The van der Waals surface area contributed by atoms with Gasteiger partial charge in [0.05, 0.1) is 23.0 Å². The minimum atomic E-state index is -0.650. The van der Waals surface area contributed by atoms with Crippen LogP contribution in [0.3, 0.4) is 0 Å². The third-order valence-electron chi connectivity index (χ3n) is 11.1. The van der Waals surface area contributed by atoms with Gasteiger partial charge in [0.15, 0.2) is 5.78 Å². The minimum Gasteiger partial charge on any atom is -0.444 e. The van der Waals surface area contributed by atoms with Gasteiger partial charge in [-0.05, 0) is 110 Å². The molecule has 2 bridgehead atoms. The van der Waals surface area contributed by atoms with E-state index in [0.29, 0.717) is 48.1 Å². The molecule has 4 aliphatic rings. The lowest BCUT2D eigenvalue weighted by atomic mass is 9.88. The molecule has 4 fully saturated rings. The third-order valence-corrected chi connectivity index (χ3v) is 11.1. The minimum absolute atomic E-state index is 0.0267. The fourth-order valence-corrected chi connectivity index (χ4v) is 8.75. The summed E-state index contributed by atoms with van der Waals surface area (Å²) in [6, 6.07) is 5.60. The first-order valence-electron chi connectivity index (χ1n) is 17.7.